The van der Waals surface area contributed by atoms with Crippen molar-refractivity contribution < 1.29 is 23.9 Å². The highest BCUT2D eigenvalue weighted by Gasteiger charge is 2.44. The molecule has 2 amide bonds. The molecule has 0 aliphatic carbocycles. The van der Waals surface area contributed by atoms with Gasteiger partial charge in [0, 0.05) is 3.57 Å². The zero-order valence-electron chi connectivity index (χ0n) is 16.3. The first-order valence-electron chi connectivity index (χ1n) is 9.43. The number of anilines is 1. The highest BCUT2D eigenvalue weighted by atomic mass is 127. The van der Waals surface area contributed by atoms with Crippen LogP contribution in [0.3, 0.4) is 0 Å². The van der Waals surface area contributed by atoms with Crippen LogP contribution in [0.5, 0.6) is 0 Å². The lowest BCUT2D eigenvalue weighted by atomic mass is 9.97. The standard InChI is InChI=1S/C23H15ClFIN2O4/c24-16-8-6-13(10-17(16)25)19-21(29)27-18-9-7-14(26)11-15(18)22(30)28(19)20(23(31)32)12-4-2-1-3-5-12/h1-11,19-20H,(H,27,29)(H,31,32). The monoisotopic (exact) mass is 564 g/mol. The van der Waals surface area contributed by atoms with E-state index in [1.54, 1.807) is 48.5 Å². The molecule has 0 radical (unpaired) electrons. The Morgan fingerprint density at radius 2 is 1.81 bits per heavy atom. The van der Waals surface area contributed by atoms with Gasteiger partial charge in [0.2, 0.25) is 0 Å². The van der Waals surface area contributed by atoms with Crippen LogP contribution in [-0.4, -0.2) is 27.8 Å². The quantitative estimate of drug-likeness (QED) is 0.435. The van der Waals surface area contributed by atoms with E-state index in [9.17, 15) is 23.9 Å². The zero-order valence-corrected chi connectivity index (χ0v) is 19.2. The van der Waals surface area contributed by atoms with E-state index in [2.05, 4.69) is 5.32 Å². The maximum absolute atomic E-state index is 14.3. The molecule has 0 fully saturated rings. The van der Waals surface area contributed by atoms with Crippen LogP contribution < -0.4 is 5.32 Å². The van der Waals surface area contributed by atoms with Crippen molar-refractivity contribution in [2.24, 2.45) is 0 Å². The lowest BCUT2D eigenvalue weighted by Crippen LogP contribution is -2.44. The summed E-state index contributed by atoms with van der Waals surface area (Å²) in [5.41, 5.74) is 0.793. The Bertz CT molecular complexity index is 1240. The molecule has 1 heterocycles. The van der Waals surface area contributed by atoms with Crippen molar-refractivity contribution in [2.75, 3.05) is 5.32 Å². The minimum Gasteiger partial charge on any atom is -0.479 e. The van der Waals surface area contributed by atoms with Gasteiger partial charge in [-0.15, -0.1) is 0 Å². The fourth-order valence-electron chi connectivity index (χ4n) is 3.70. The lowest BCUT2D eigenvalue weighted by Gasteiger charge is -2.34. The van der Waals surface area contributed by atoms with E-state index in [0.29, 0.717) is 5.56 Å². The molecule has 3 aromatic carbocycles. The first kappa shape index (κ1) is 22.2. The average Bonchev–Trinajstić information content (AvgIpc) is 2.86. The topological polar surface area (TPSA) is 86.7 Å². The molecule has 0 saturated heterocycles. The van der Waals surface area contributed by atoms with Gasteiger partial charge in [0.1, 0.15) is 11.9 Å². The van der Waals surface area contributed by atoms with Gasteiger partial charge in [-0.3, -0.25) is 9.59 Å². The summed E-state index contributed by atoms with van der Waals surface area (Å²) in [7, 11) is 0. The molecule has 9 heteroatoms. The first-order chi connectivity index (χ1) is 15.3. The summed E-state index contributed by atoms with van der Waals surface area (Å²) in [5, 5.41) is 12.6. The number of hydrogen-bond acceptors (Lipinski definition) is 3. The Balaban J connectivity index is 1.97. The average molecular weight is 565 g/mol. The predicted molar refractivity (Wildman–Crippen MR) is 125 cm³/mol. The number of carboxylic acids is 1. The number of aliphatic carboxylic acids is 1. The number of hydrogen-bond donors (Lipinski definition) is 2. The Morgan fingerprint density at radius 3 is 2.47 bits per heavy atom. The van der Waals surface area contributed by atoms with Crippen LogP contribution >= 0.6 is 34.2 Å². The van der Waals surface area contributed by atoms with Gasteiger partial charge in [-0.25, -0.2) is 9.18 Å². The highest BCUT2D eigenvalue weighted by Crippen LogP contribution is 2.38. The van der Waals surface area contributed by atoms with Gasteiger partial charge >= 0.3 is 5.97 Å². The van der Waals surface area contributed by atoms with Gasteiger partial charge in [0.15, 0.2) is 6.04 Å². The Labute approximate surface area is 201 Å². The smallest absolute Gasteiger partial charge is 0.331 e. The molecule has 2 unspecified atom stereocenters. The number of carbonyl (C=O) groups is 3. The van der Waals surface area contributed by atoms with E-state index >= 15 is 0 Å². The first-order valence-corrected chi connectivity index (χ1v) is 10.9. The van der Waals surface area contributed by atoms with E-state index in [1.165, 1.54) is 12.1 Å². The SMILES string of the molecule is O=C(O)C(c1ccccc1)N1C(=O)c2cc(I)ccc2NC(=O)C1c1ccc(Cl)c(F)c1. The third kappa shape index (κ3) is 4.07. The van der Waals surface area contributed by atoms with Gasteiger partial charge in [-0.1, -0.05) is 48.0 Å². The number of carboxylic acid groups (broad SMARTS) is 1. The summed E-state index contributed by atoms with van der Waals surface area (Å²) in [6.45, 7) is 0. The zero-order chi connectivity index (χ0) is 23.0. The van der Waals surface area contributed by atoms with Crippen LogP contribution in [0.1, 0.15) is 33.6 Å². The Kier molecular flexibility index (Phi) is 6.16. The van der Waals surface area contributed by atoms with Crippen LogP contribution in [0.15, 0.2) is 66.7 Å². The summed E-state index contributed by atoms with van der Waals surface area (Å²) >= 11 is 7.83. The summed E-state index contributed by atoms with van der Waals surface area (Å²) in [4.78, 5) is 40.5. The number of rotatable bonds is 4. The van der Waals surface area contributed by atoms with Gasteiger partial charge in [0.25, 0.3) is 11.8 Å². The number of fused-ring (bicyclic) bond motifs is 1. The fraction of sp³-hybridized carbons (Fsp3) is 0.0870. The second-order valence-corrected chi connectivity index (χ2v) is 8.77. The van der Waals surface area contributed by atoms with Crippen molar-refractivity contribution in [3.63, 3.8) is 0 Å². The number of nitrogens with zero attached hydrogens (tertiary/aromatic N) is 1. The van der Waals surface area contributed by atoms with E-state index in [1.807, 2.05) is 22.6 Å². The molecule has 2 N–H and O–H groups in total. The van der Waals surface area contributed by atoms with Crippen LogP contribution in [0, 0.1) is 9.39 Å². The summed E-state index contributed by atoms with van der Waals surface area (Å²) < 4.78 is 15.0. The molecular weight excluding hydrogens is 550 g/mol. The minimum atomic E-state index is -1.50. The van der Waals surface area contributed by atoms with Crippen LogP contribution in [-0.2, 0) is 9.59 Å². The molecule has 0 spiro atoms. The maximum Gasteiger partial charge on any atom is 0.331 e. The molecule has 162 valence electrons. The minimum absolute atomic E-state index is 0.0995. The number of benzene rings is 3. The van der Waals surface area contributed by atoms with Gasteiger partial charge < -0.3 is 15.3 Å². The number of nitrogens with one attached hydrogen (secondary N) is 1. The molecule has 3 aromatic rings. The molecule has 1 aliphatic rings. The molecule has 2 atom stereocenters. The van der Waals surface area contributed by atoms with Crippen molar-refractivity contribution in [3.05, 3.63) is 97.8 Å². The molecule has 6 nitrogen and oxygen atoms in total. The van der Waals surface area contributed by atoms with E-state index in [-0.39, 0.29) is 21.8 Å². The predicted octanol–water partition coefficient (Wildman–Crippen LogP) is 5.05. The van der Waals surface area contributed by atoms with Crippen molar-refractivity contribution in [2.45, 2.75) is 12.1 Å². The molecular formula is C23H15ClFIN2O4. The molecule has 0 aromatic heterocycles. The van der Waals surface area contributed by atoms with Crippen LogP contribution in [0.2, 0.25) is 5.02 Å². The largest absolute Gasteiger partial charge is 0.479 e. The molecule has 4 rings (SSSR count). The third-order valence-electron chi connectivity index (χ3n) is 5.12. The van der Waals surface area contributed by atoms with Crippen molar-refractivity contribution in [3.8, 4) is 0 Å². The molecule has 1 aliphatic heterocycles. The van der Waals surface area contributed by atoms with Gasteiger partial charge in [-0.05, 0) is 64.0 Å². The second-order valence-electron chi connectivity index (χ2n) is 7.12. The van der Waals surface area contributed by atoms with Crippen LogP contribution in [0.4, 0.5) is 10.1 Å². The van der Waals surface area contributed by atoms with Crippen molar-refractivity contribution in [1.82, 2.24) is 4.90 Å². The fourth-order valence-corrected chi connectivity index (χ4v) is 4.31. The lowest BCUT2D eigenvalue weighted by molar-refractivity contribution is -0.144. The third-order valence-corrected chi connectivity index (χ3v) is 6.10. The maximum atomic E-state index is 14.3. The number of amides is 2. The summed E-state index contributed by atoms with van der Waals surface area (Å²) in [5.74, 6) is -3.45. The van der Waals surface area contributed by atoms with Gasteiger partial charge in [-0.2, -0.15) is 0 Å². The summed E-state index contributed by atoms with van der Waals surface area (Å²) in [6, 6.07) is 13.8. The highest BCUT2D eigenvalue weighted by molar-refractivity contribution is 14.1. The van der Waals surface area contributed by atoms with E-state index < -0.39 is 35.7 Å². The Hall–Kier alpha value is -2.98. The molecule has 0 bridgehead atoms. The van der Waals surface area contributed by atoms with E-state index in [0.717, 1.165) is 14.5 Å². The number of carbonyl (C=O) groups excluding carboxylic acids is 2. The van der Waals surface area contributed by atoms with Crippen molar-refractivity contribution in [1.29, 1.82) is 0 Å². The number of halogens is 3. The Morgan fingerprint density at radius 1 is 1.09 bits per heavy atom. The van der Waals surface area contributed by atoms with Crippen molar-refractivity contribution >= 4 is 57.7 Å². The normalized spacial score (nSPS) is 16.7. The molecule has 0 saturated carbocycles. The van der Waals surface area contributed by atoms with Crippen LogP contribution in [0.25, 0.3) is 0 Å². The molecule has 32 heavy (non-hydrogen) atoms. The van der Waals surface area contributed by atoms with Gasteiger partial charge in [0.05, 0.1) is 16.3 Å². The summed E-state index contributed by atoms with van der Waals surface area (Å²) in [6.07, 6.45) is 0. The second kappa shape index (κ2) is 8.87. The van der Waals surface area contributed by atoms with E-state index in [4.69, 9.17) is 11.6 Å².